The van der Waals surface area contributed by atoms with Gasteiger partial charge in [0.2, 0.25) is 0 Å². The molecule has 0 unspecified atom stereocenters. The zero-order valence-electron chi connectivity index (χ0n) is 43.1. The van der Waals surface area contributed by atoms with Crippen molar-refractivity contribution in [2.45, 2.75) is 26.2 Å². The van der Waals surface area contributed by atoms with E-state index in [2.05, 4.69) is 253 Å². The molecular formula is C72H52N4O. The quantitative estimate of drug-likeness (QED) is 0.137. The third-order valence-corrected chi connectivity index (χ3v) is 16.0. The second-order valence-electron chi connectivity index (χ2n) is 20.3. The van der Waals surface area contributed by atoms with Crippen molar-refractivity contribution in [2.75, 3.05) is 9.80 Å². The highest BCUT2D eigenvalue weighted by Gasteiger charge is 2.53. The molecule has 2 aliphatic carbocycles. The summed E-state index contributed by atoms with van der Waals surface area (Å²) in [6.07, 6.45) is 3.94. The molecular weight excluding hydrogens is 937 g/mol. The predicted molar refractivity (Wildman–Crippen MR) is 318 cm³/mol. The number of aromatic nitrogens is 2. The van der Waals surface area contributed by atoms with Gasteiger partial charge in [-0.1, -0.05) is 183 Å². The Labute approximate surface area is 449 Å². The summed E-state index contributed by atoms with van der Waals surface area (Å²) in [5, 5.41) is 3.26. The van der Waals surface area contributed by atoms with E-state index in [0.29, 0.717) is 11.5 Å². The molecule has 9 aromatic carbocycles. The van der Waals surface area contributed by atoms with Crippen LogP contribution in [-0.2, 0) is 5.41 Å². The van der Waals surface area contributed by atoms with Crippen LogP contribution in [0.4, 0.5) is 28.4 Å². The van der Waals surface area contributed by atoms with E-state index in [9.17, 15) is 0 Å². The fourth-order valence-corrected chi connectivity index (χ4v) is 12.5. The summed E-state index contributed by atoms with van der Waals surface area (Å²) in [5.41, 5.74) is 22.9. The summed E-state index contributed by atoms with van der Waals surface area (Å²) in [6.45, 7) is 11.4. The molecule has 0 aliphatic heterocycles. The van der Waals surface area contributed by atoms with Crippen LogP contribution in [-0.4, -0.2) is 9.97 Å². The lowest BCUT2D eigenvalue weighted by Gasteiger charge is -2.33. The molecule has 5 heteroatoms. The summed E-state index contributed by atoms with van der Waals surface area (Å²) in [7, 11) is 0. The van der Waals surface area contributed by atoms with Crippen LogP contribution in [0.15, 0.2) is 266 Å². The first-order chi connectivity index (χ1) is 37.9. The van der Waals surface area contributed by atoms with Crippen molar-refractivity contribution in [3.8, 4) is 33.4 Å². The van der Waals surface area contributed by atoms with E-state index >= 15 is 0 Å². The SMILES string of the molecule is C=C(c1oc2ccccc2c1C1=C(C)C2(c3ccccc3-c3ccccc32)c2cc(N(c3ccc(-c4ccccc4)cc3)c3ccc(C)nc3)c3ccccc3c21)N(c1ccc(-c2ccccc2)cc1)c1ccc(C)nc1. The number of benzene rings is 9. The molecule has 0 saturated heterocycles. The largest absolute Gasteiger partial charge is 0.454 e. The number of pyridine rings is 2. The maximum absolute atomic E-state index is 7.30. The number of para-hydroxylation sites is 1. The molecule has 5 nitrogen and oxygen atoms in total. The third-order valence-electron chi connectivity index (χ3n) is 16.0. The lowest BCUT2D eigenvalue weighted by atomic mass is 9.69. The van der Waals surface area contributed by atoms with Crippen LogP contribution in [0.3, 0.4) is 0 Å². The second kappa shape index (κ2) is 18.2. The fraction of sp³-hybridized carbons (Fsp3) is 0.0556. The second-order valence-corrected chi connectivity index (χ2v) is 20.3. The predicted octanol–water partition coefficient (Wildman–Crippen LogP) is 18.8. The summed E-state index contributed by atoms with van der Waals surface area (Å²) in [5.74, 6) is 0.690. The first-order valence-corrected chi connectivity index (χ1v) is 26.3. The summed E-state index contributed by atoms with van der Waals surface area (Å²) in [4.78, 5) is 14.3. The van der Waals surface area contributed by atoms with E-state index in [1.807, 2.05) is 26.2 Å². The van der Waals surface area contributed by atoms with Crippen LogP contribution in [0, 0.1) is 13.8 Å². The van der Waals surface area contributed by atoms with Crippen molar-refractivity contribution in [1.82, 2.24) is 9.97 Å². The number of aryl methyl sites for hydroxylation is 2. The molecule has 0 saturated carbocycles. The molecule has 0 radical (unpaired) electrons. The number of anilines is 5. The molecule has 366 valence electrons. The van der Waals surface area contributed by atoms with Gasteiger partial charge in [-0.2, -0.15) is 0 Å². The topological polar surface area (TPSA) is 45.4 Å². The number of hydrogen-bond donors (Lipinski definition) is 0. The van der Waals surface area contributed by atoms with Crippen molar-refractivity contribution in [3.63, 3.8) is 0 Å². The van der Waals surface area contributed by atoms with Crippen molar-refractivity contribution >= 4 is 61.4 Å². The Morgan fingerprint density at radius 2 is 0.909 bits per heavy atom. The lowest BCUT2D eigenvalue weighted by Crippen LogP contribution is -2.26. The molecule has 12 aromatic rings. The Hall–Kier alpha value is -9.84. The zero-order chi connectivity index (χ0) is 51.8. The summed E-state index contributed by atoms with van der Waals surface area (Å²) < 4.78 is 7.30. The maximum atomic E-state index is 7.30. The monoisotopic (exact) mass is 988 g/mol. The van der Waals surface area contributed by atoms with Gasteiger partial charge in [-0.3, -0.25) is 9.97 Å². The first kappa shape index (κ1) is 45.7. The van der Waals surface area contributed by atoms with E-state index in [4.69, 9.17) is 21.0 Å². The minimum atomic E-state index is -0.699. The minimum absolute atomic E-state index is 0.690. The van der Waals surface area contributed by atoms with Crippen LogP contribution in [0.2, 0.25) is 0 Å². The smallest absolute Gasteiger partial charge is 0.159 e. The molecule has 77 heavy (non-hydrogen) atoms. The molecule has 14 rings (SSSR count). The Balaban J connectivity index is 1.05. The van der Waals surface area contributed by atoms with Gasteiger partial charge in [0.15, 0.2) is 5.76 Å². The first-order valence-electron chi connectivity index (χ1n) is 26.3. The molecule has 0 fully saturated rings. The zero-order valence-corrected chi connectivity index (χ0v) is 43.1. The van der Waals surface area contributed by atoms with Crippen molar-refractivity contribution in [2.24, 2.45) is 0 Å². The fourth-order valence-electron chi connectivity index (χ4n) is 12.5. The molecule has 3 heterocycles. The van der Waals surface area contributed by atoms with Gasteiger partial charge in [-0.15, -0.1) is 0 Å². The maximum Gasteiger partial charge on any atom is 0.159 e. The van der Waals surface area contributed by atoms with Gasteiger partial charge in [0.1, 0.15) is 5.58 Å². The van der Waals surface area contributed by atoms with Gasteiger partial charge in [-0.05, 0) is 154 Å². The highest BCUT2D eigenvalue weighted by molar-refractivity contribution is 6.15. The van der Waals surface area contributed by atoms with Crippen molar-refractivity contribution in [3.05, 3.63) is 306 Å². The normalized spacial score (nSPS) is 13.0. The Morgan fingerprint density at radius 1 is 0.429 bits per heavy atom. The molecule has 3 aromatic heterocycles. The van der Waals surface area contributed by atoms with Gasteiger partial charge in [-0.25, -0.2) is 0 Å². The average molecular weight is 989 g/mol. The van der Waals surface area contributed by atoms with Crippen LogP contribution in [0.25, 0.3) is 66.4 Å². The Bertz CT molecular complexity index is 4240. The number of allylic oxidation sites excluding steroid dienone is 1. The molecule has 2 aliphatic rings. The third kappa shape index (κ3) is 7.22. The van der Waals surface area contributed by atoms with Gasteiger partial charge in [0.05, 0.1) is 40.6 Å². The number of nitrogens with zero attached hydrogens (tertiary/aromatic N) is 4. The number of rotatable bonds is 10. The summed E-state index contributed by atoms with van der Waals surface area (Å²) in [6, 6.07) is 85.2. The van der Waals surface area contributed by atoms with E-state index in [1.54, 1.807) is 0 Å². The standard InChI is InChI=1S/C72H52N4O/c1-46-31-37-56(44-73-46)75(54-39-33-52(34-40-54)50-19-7-5-8-20-50)49(4)71-70(62-27-15-18-30-67(62)77-71)68-48(3)72(63-28-16-13-23-58(63)59-24-14-17-29-64(59)72)65-43-66(60-25-11-12-26-61(60)69(65)68)76(57-38-32-47(2)74-45-57)55-41-35-53(36-42-55)51-21-9-6-10-22-51/h5-45H,4H2,1-3H3. The van der Waals surface area contributed by atoms with E-state index in [1.165, 1.54) is 44.5 Å². The van der Waals surface area contributed by atoms with Crippen molar-refractivity contribution in [1.29, 1.82) is 0 Å². The van der Waals surface area contributed by atoms with Crippen LogP contribution in [0.5, 0.6) is 0 Å². The molecule has 0 bridgehead atoms. The highest BCUT2D eigenvalue weighted by Crippen LogP contribution is 2.65. The van der Waals surface area contributed by atoms with E-state index in [-0.39, 0.29) is 0 Å². The minimum Gasteiger partial charge on any atom is -0.454 e. The summed E-state index contributed by atoms with van der Waals surface area (Å²) >= 11 is 0. The number of hydrogen-bond acceptors (Lipinski definition) is 5. The van der Waals surface area contributed by atoms with Crippen LogP contribution >= 0.6 is 0 Å². The van der Waals surface area contributed by atoms with E-state index in [0.717, 1.165) is 89.4 Å². The lowest BCUT2D eigenvalue weighted by molar-refractivity contribution is 0.597. The molecule has 0 N–H and O–H groups in total. The van der Waals surface area contributed by atoms with Gasteiger partial charge >= 0.3 is 0 Å². The number of furan rings is 1. The molecule has 0 atom stereocenters. The van der Waals surface area contributed by atoms with Gasteiger partial charge < -0.3 is 14.2 Å². The van der Waals surface area contributed by atoms with Crippen LogP contribution < -0.4 is 9.80 Å². The van der Waals surface area contributed by atoms with Crippen molar-refractivity contribution < 1.29 is 4.42 Å². The molecule has 1 spiro atoms. The van der Waals surface area contributed by atoms with Crippen LogP contribution in [0.1, 0.15) is 51.9 Å². The number of fused-ring (bicyclic) bond motifs is 10. The van der Waals surface area contributed by atoms with Gasteiger partial charge in [0, 0.05) is 39.1 Å². The van der Waals surface area contributed by atoms with E-state index < -0.39 is 5.41 Å². The highest BCUT2D eigenvalue weighted by atomic mass is 16.3. The Kier molecular flexibility index (Phi) is 10.8. The molecule has 0 amide bonds. The average Bonchev–Trinajstić information content (AvgIpc) is 4.26. The Morgan fingerprint density at radius 3 is 1.49 bits per heavy atom. The van der Waals surface area contributed by atoms with Gasteiger partial charge in [0.25, 0.3) is 0 Å².